The summed E-state index contributed by atoms with van der Waals surface area (Å²) in [4.78, 5) is 12.8. The number of hydrogen-bond donors (Lipinski definition) is 0. The molecule has 1 saturated heterocycles. The van der Waals surface area contributed by atoms with Gasteiger partial charge in [-0.15, -0.1) is 0 Å². The molecular formula is C18H25BrO3. The summed E-state index contributed by atoms with van der Waals surface area (Å²) >= 11 is 3.57. The number of hydrogen-bond acceptors (Lipinski definition) is 3. The van der Waals surface area contributed by atoms with Crippen molar-refractivity contribution in [2.45, 2.75) is 65.0 Å². The van der Waals surface area contributed by atoms with Crippen molar-refractivity contribution in [2.75, 3.05) is 5.33 Å². The van der Waals surface area contributed by atoms with Crippen molar-refractivity contribution in [3.05, 3.63) is 11.6 Å². The number of ether oxygens (including phenoxy) is 2. The number of carbonyl (C=O) groups excluding carboxylic acids is 1. The van der Waals surface area contributed by atoms with Gasteiger partial charge in [0.1, 0.15) is 0 Å². The Balaban J connectivity index is 1.81. The van der Waals surface area contributed by atoms with E-state index in [1.165, 1.54) is 5.57 Å². The Labute approximate surface area is 140 Å². The number of fused-ring (bicyclic) bond motifs is 8. The molecule has 122 valence electrons. The minimum absolute atomic E-state index is 0.00451. The Bertz CT molecular complexity index is 569. The summed E-state index contributed by atoms with van der Waals surface area (Å²) in [6.07, 6.45) is 5.35. The Morgan fingerprint density at radius 1 is 1.32 bits per heavy atom. The summed E-state index contributed by atoms with van der Waals surface area (Å²) in [6.45, 7) is 8.42. The summed E-state index contributed by atoms with van der Waals surface area (Å²) < 4.78 is 12.5. The van der Waals surface area contributed by atoms with Gasteiger partial charge in [-0.2, -0.15) is 0 Å². The molecule has 3 aliphatic carbocycles. The van der Waals surface area contributed by atoms with Crippen molar-refractivity contribution in [3.8, 4) is 0 Å². The van der Waals surface area contributed by atoms with Crippen molar-refractivity contribution >= 4 is 21.7 Å². The van der Waals surface area contributed by atoms with E-state index in [2.05, 4.69) is 29.8 Å². The number of halogens is 1. The van der Waals surface area contributed by atoms with Crippen LogP contribution in [0.1, 0.15) is 47.0 Å². The highest BCUT2D eigenvalue weighted by Gasteiger charge is 2.77. The topological polar surface area (TPSA) is 35.5 Å². The average molecular weight is 369 g/mol. The molecule has 0 spiro atoms. The predicted molar refractivity (Wildman–Crippen MR) is 87.8 cm³/mol. The first-order valence-corrected chi connectivity index (χ1v) is 9.53. The second kappa shape index (κ2) is 4.46. The molecule has 1 heterocycles. The van der Waals surface area contributed by atoms with Crippen LogP contribution in [-0.2, 0) is 14.3 Å². The molecule has 2 saturated carbocycles. The zero-order chi connectivity index (χ0) is 15.9. The number of carbonyl (C=O) groups is 1. The average Bonchev–Trinajstić information content (AvgIpc) is 3.04. The van der Waals surface area contributed by atoms with Crippen molar-refractivity contribution in [1.29, 1.82) is 0 Å². The van der Waals surface area contributed by atoms with Gasteiger partial charge in [0, 0.05) is 22.1 Å². The van der Waals surface area contributed by atoms with E-state index < -0.39 is 5.79 Å². The van der Waals surface area contributed by atoms with Crippen LogP contribution >= 0.6 is 15.9 Å². The standard InChI is InChI=1S/C18H25BrO3/c1-10-8-12(20)14-17(4)9-11(18(10,14)6-5-7-19)13-15(17)22-16(2,3)21-13/h8,11,13-15H,5-7,9H2,1-4H3/t11-,13+,14-,15+,17-,18+/m1/s1. The van der Waals surface area contributed by atoms with Gasteiger partial charge in [-0.25, -0.2) is 0 Å². The van der Waals surface area contributed by atoms with Crippen LogP contribution in [0.4, 0.5) is 0 Å². The minimum Gasteiger partial charge on any atom is -0.344 e. The van der Waals surface area contributed by atoms with E-state index >= 15 is 0 Å². The second-order valence-electron chi connectivity index (χ2n) is 8.33. The number of ketones is 1. The lowest BCUT2D eigenvalue weighted by atomic mass is 9.58. The molecule has 0 N–H and O–H groups in total. The summed E-state index contributed by atoms with van der Waals surface area (Å²) in [7, 11) is 0. The molecule has 0 radical (unpaired) electrons. The monoisotopic (exact) mass is 368 g/mol. The fourth-order valence-corrected chi connectivity index (χ4v) is 6.56. The first kappa shape index (κ1) is 15.3. The smallest absolute Gasteiger partial charge is 0.163 e. The molecule has 0 aromatic carbocycles. The van der Waals surface area contributed by atoms with E-state index in [4.69, 9.17) is 9.47 Å². The highest BCUT2D eigenvalue weighted by Crippen LogP contribution is 2.74. The first-order valence-electron chi connectivity index (χ1n) is 8.40. The maximum atomic E-state index is 12.8. The molecule has 22 heavy (non-hydrogen) atoms. The van der Waals surface area contributed by atoms with Crippen LogP contribution in [0.2, 0.25) is 0 Å². The zero-order valence-electron chi connectivity index (χ0n) is 13.8. The van der Waals surface area contributed by atoms with Gasteiger partial charge in [0.2, 0.25) is 0 Å². The third-order valence-corrected chi connectivity index (χ3v) is 7.33. The highest BCUT2D eigenvalue weighted by atomic mass is 79.9. The van der Waals surface area contributed by atoms with Gasteiger partial charge in [0.05, 0.1) is 12.2 Å². The van der Waals surface area contributed by atoms with Crippen LogP contribution in [0.5, 0.6) is 0 Å². The number of allylic oxidation sites excluding steroid dienone is 2. The van der Waals surface area contributed by atoms with Crippen LogP contribution in [0, 0.1) is 22.7 Å². The lowest BCUT2D eigenvalue weighted by Crippen LogP contribution is -2.52. The van der Waals surface area contributed by atoms with Gasteiger partial charge in [-0.3, -0.25) is 4.79 Å². The molecule has 2 bridgehead atoms. The fourth-order valence-electron chi connectivity index (χ4n) is 6.28. The third kappa shape index (κ3) is 1.62. The molecule has 4 aliphatic rings. The molecule has 3 nitrogen and oxygen atoms in total. The van der Waals surface area contributed by atoms with Gasteiger partial charge in [-0.1, -0.05) is 28.4 Å². The van der Waals surface area contributed by atoms with E-state index in [9.17, 15) is 4.79 Å². The SMILES string of the molecule is CC1=CC(=O)[C@@H]2[C@@]3(C)C[C@H]([C@@H]4OC(C)(C)O[C@@H]43)[C@]12CCCBr. The van der Waals surface area contributed by atoms with E-state index in [1.807, 2.05) is 19.9 Å². The summed E-state index contributed by atoms with van der Waals surface area (Å²) in [6, 6.07) is 0. The molecule has 1 aliphatic heterocycles. The summed E-state index contributed by atoms with van der Waals surface area (Å²) in [5.41, 5.74) is 1.20. The molecule has 0 unspecified atom stereocenters. The van der Waals surface area contributed by atoms with Crippen molar-refractivity contribution < 1.29 is 14.3 Å². The zero-order valence-corrected chi connectivity index (χ0v) is 15.4. The highest BCUT2D eigenvalue weighted by molar-refractivity contribution is 9.09. The van der Waals surface area contributed by atoms with Gasteiger partial charge in [0.25, 0.3) is 0 Å². The molecule has 0 aromatic heterocycles. The predicted octanol–water partition coefficient (Wildman–Crippen LogP) is 3.85. The van der Waals surface area contributed by atoms with Crippen molar-refractivity contribution in [3.63, 3.8) is 0 Å². The van der Waals surface area contributed by atoms with Crippen LogP contribution in [0.3, 0.4) is 0 Å². The quantitative estimate of drug-likeness (QED) is 0.709. The maximum absolute atomic E-state index is 12.8. The van der Waals surface area contributed by atoms with Gasteiger partial charge in [-0.05, 0) is 52.0 Å². The second-order valence-corrected chi connectivity index (χ2v) is 9.13. The lowest BCUT2D eigenvalue weighted by molar-refractivity contribution is -0.166. The van der Waals surface area contributed by atoms with E-state index in [0.29, 0.717) is 11.7 Å². The Morgan fingerprint density at radius 3 is 2.73 bits per heavy atom. The van der Waals surface area contributed by atoms with Crippen LogP contribution in [0.25, 0.3) is 0 Å². The summed E-state index contributed by atoms with van der Waals surface area (Å²) in [5.74, 6) is 0.299. The van der Waals surface area contributed by atoms with Crippen LogP contribution in [0.15, 0.2) is 11.6 Å². The normalized spacial score (nSPS) is 51.1. The fraction of sp³-hybridized carbons (Fsp3) is 0.833. The molecule has 3 fully saturated rings. The maximum Gasteiger partial charge on any atom is 0.163 e. The van der Waals surface area contributed by atoms with Gasteiger partial charge in [0.15, 0.2) is 11.6 Å². The van der Waals surface area contributed by atoms with E-state index in [0.717, 1.165) is 24.6 Å². The minimum atomic E-state index is -0.523. The van der Waals surface area contributed by atoms with Gasteiger partial charge >= 0.3 is 0 Å². The molecule has 0 aromatic rings. The van der Waals surface area contributed by atoms with Crippen molar-refractivity contribution in [1.82, 2.24) is 0 Å². The van der Waals surface area contributed by atoms with Crippen LogP contribution < -0.4 is 0 Å². The third-order valence-electron chi connectivity index (χ3n) is 6.77. The van der Waals surface area contributed by atoms with E-state index in [1.54, 1.807) is 0 Å². The number of alkyl halides is 1. The lowest BCUT2D eigenvalue weighted by Gasteiger charge is -2.47. The van der Waals surface area contributed by atoms with Gasteiger partial charge < -0.3 is 9.47 Å². The van der Waals surface area contributed by atoms with Crippen LogP contribution in [-0.4, -0.2) is 29.1 Å². The number of rotatable bonds is 3. The molecule has 4 heteroatoms. The molecular weight excluding hydrogens is 344 g/mol. The summed E-state index contributed by atoms with van der Waals surface area (Å²) in [5, 5.41) is 0.989. The molecule has 0 amide bonds. The Kier molecular flexibility index (Phi) is 3.11. The molecule has 4 rings (SSSR count). The molecule has 6 atom stereocenters. The van der Waals surface area contributed by atoms with Crippen molar-refractivity contribution in [2.24, 2.45) is 22.7 Å². The van der Waals surface area contributed by atoms with E-state index in [-0.39, 0.29) is 29.0 Å². The Hall–Kier alpha value is -0.190. The largest absolute Gasteiger partial charge is 0.344 e. The first-order chi connectivity index (χ1) is 10.3. The Morgan fingerprint density at radius 2 is 2.05 bits per heavy atom.